The van der Waals surface area contributed by atoms with Crippen LogP contribution in [0.25, 0.3) is 0 Å². The Morgan fingerprint density at radius 3 is 2.83 bits per heavy atom. The third-order valence-electron chi connectivity index (χ3n) is 3.80. The highest BCUT2D eigenvalue weighted by Gasteiger charge is 2.24. The molecule has 18 heavy (non-hydrogen) atoms. The minimum atomic E-state index is 0.697. The Morgan fingerprint density at radius 1 is 1.39 bits per heavy atom. The summed E-state index contributed by atoms with van der Waals surface area (Å²) in [5.74, 6) is 0. The number of anilines is 1. The van der Waals surface area contributed by atoms with Crippen LogP contribution < -0.4 is 5.73 Å². The molecule has 1 aliphatic rings. The van der Waals surface area contributed by atoms with E-state index >= 15 is 0 Å². The summed E-state index contributed by atoms with van der Waals surface area (Å²) in [7, 11) is 4.31. The molecule has 0 aliphatic carbocycles. The van der Waals surface area contributed by atoms with Crippen LogP contribution >= 0.6 is 0 Å². The topological polar surface area (TPSA) is 32.5 Å². The number of benzene rings is 1. The molecule has 0 aromatic heterocycles. The second-order valence-electron chi connectivity index (χ2n) is 5.72. The highest BCUT2D eigenvalue weighted by molar-refractivity contribution is 5.48. The minimum Gasteiger partial charge on any atom is -0.399 e. The van der Waals surface area contributed by atoms with Gasteiger partial charge < -0.3 is 10.6 Å². The number of likely N-dealkylation sites (tertiary alicyclic amines) is 1. The molecule has 0 saturated carbocycles. The Bertz CT molecular complexity index is 401. The zero-order valence-corrected chi connectivity index (χ0v) is 11.8. The predicted octanol–water partition coefficient (Wildman–Crippen LogP) is 2.10. The van der Waals surface area contributed by atoms with E-state index < -0.39 is 0 Å². The van der Waals surface area contributed by atoms with E-state index in [1.165, 1.54) is 30.5 Å². The van der Waals surface area contributed by atoms with Gasteiger partial charge in [0.05, 0.1) is 0 Å². The first-order valence-corrected chi connectivity index (χ1v) is 6.80. The summed E-state index contributed by atoms with van der Waals surface area (Å²) in [5, 5.41) is 0. The second kappa shape index (κ2) is 5.72. The molecule has 3 nitrogen and oxygen atoms in total. The zero-order chi connectivity index (χ0) is 13.1. The lowest BCUT2D eigenvalue weighted by Gasteiger charge is -2.27. The molecule has 1 atom stereocenters. The van der Waals surface area contributed by atoms with Gasteiger partial charge in [-0.15, -0.1) is 0 Å². The Hall–Kier alpha value is -1.06. The van der Waals surface area contributed by atoms with E-state index in [2.05, 4.69) is 49.0 Å². The number of nitrogens with two attached hydrogens (primary N) is 1. The molecule has 0 amide bonds. The van der Waals surface area contributed by atoms with Crippen molar-refractivity contribution in [1.82, 2.24) is 9.80 Å². The maximum Gasteiger partial charge on any atom is 0.0346 e. The number of hydrogen-bond acceptors (Lipinski definition) is 3. The van der Waals surface area contributed by atoms with Crippen molar-refractivity contribution in [1.29, 1.82) is 0 Å². The van der Waals surface area contributed by atoms with Crippen LogP contribution in [0.2, 0.25) is 0 Å². The Kier molecular flexibility index (Phi) is 4.25. The van der Waals surface area contributed by atoms with Crippen LogP contribution in [0.3, 0.4) is 0 Å². The molecule has 100 valence electrons. The third-order valence-corrected chi connectivity index (χ3v) is 3.80. The molecule has 2 rings (SSSR count). The van der Waals surface area contributed by atoms with Crippen LogP contribution in [0.15, 0.2) is 18.2 Å². The number of nitrogens with zero attached hydrogens (tertiary/aromatic N) is 2. The molecule has 1 aromatic rings. The van der Waals surface area contributed by atoms with Gasteiger partial charge in [0.2, 0.25) is 0 Å². The summed E-state index contributed by atoms with van der Waals surface area (Å²) >= 11 is 0. The summed E-state index contributed by atoms with van der Waals surface area (Å²) in [6.07, 6.45) is 2.64. The third kappa shape index (κ3) is 3.24. The maximum absolute atomic E-state index is 5.98. The van der Waals surface area contributed by atoms with Crippen molar-refractivity contribution in [3.63, 3.8) is 0 Å². The standard InChI is InChI=1S/C15H25N3/c1-12-6-7-13(9-15(12)16)10-18-8-4-5-14(18)11-17(2)3/h6-7,9,14H,4-5,8,10-11,16H2,1-3H3. The molecule has 1 unspecified atom stereocenters. The van der Waals surface area contributed by atoms with Gasteiger partial charge in [-0.2, -0.15) is 0 Å². The van der Waals surface area contributed by atoms with Gasteiger partial charge in [0.1, 0.15) is 0 Å². The number of rotatable bonds is 4. The van der Waals surface area contributed by atoms with E-state index in [1.807, 2.05) is 0 Å². The molecule has 0 radical (unpaired) electrons. The lowest BCUT2D eigenvalue weighted by Crippen LogP contribution is -2.37. The largest absolute Gasteiger partial charge is 0.399 e. The zero-order valence-electron chi connectivity index (χ0n) is 11.8. The summed E-state index contributed by atoms with van der Waals surface area (Å²) in [4.78, 5) is 4.87. The van der Waals surface area contributed by atoms with Gasteiger partial charge in [-0.05, 0) is 57.6 Å². The Balaban J connectivity index is 2.01. The van der Waals surface area contributed by atoms with Gasteiger partial charge in [-0.25, -0.2) is 0 Å². The average molecular weight is 247 g/mol. The Labute approximate surface area is 111 Å². The van der Waals surface area contributed by atoms with Crippen LogP contribution in [0.1, 0.15) is 24.0 Å². The van der Waals surface area contributed by atoms with Gasteiger partial charge in [0.25, 0.3) is 0 Å². The Morgan fingerprint density at radius 2 is 2.17 bits per heavy atom. The molecule has 0 bridgehead atoms. The van der Waals surface area contributed by atoms with E-state index in [0.29, 0.717) is 6.04 Å². The predicted molar refractivity (Wildman–Crippen MR) is 77.6 cm³/mol. The molecule has 1 aliphatic heterocycles. The first kappa shape index (κ1) is 13.4. The minimum absolute atomic E-state index is 0.697. The second-order valence-corrected chi connectivity index (χ2v) is 5.72. The number of aryl methyl sites for hydroxylation is 1. The normalized spacial score (nSPS) is 20.8. The van der Waals surface area contributed by atoms with E-state index in [1.54, 1.807) is 0 Å². The lowest BCUT2D eigenvalue weighted by molar-refractivity contribution is 0.201. The fraction of sp³-hybridized carbons (Fsp3) is 0.600. The van der Waals surface area contributed by atoms with Crippen LogP contribution in [-0.2, 0) is 6.54 Å². The lowest BCUT2D eigenvalue weighted by atomic mass is 10.1. The summed E-state index contributed by atoms with van der Waals surface area (Å²) in [6.45, 7) is 5.46. The fourth-order valence-corrected chi connectivity index (χ4v) is 2.75. The molecule has 1 aromatic carbocycles. The molecular formula is C15H25N3. The van der Waals surface area contributed by atoms with E-state index in [0.717, 1.165) is 18.8 Å². The summed E-state index contributed by atoms with van der Waals surface area (Å²) < 4.78 is 0. The molecule has 0 spiro atoms. The van der Waals surface area contributed by atoms with Gasteiger partial charge >= 0.3 is 0 Å². The van der Waals surface area contributed by atoms with E-state index in [-0.39, 0.29) is 0 Å². The molecule has 1 heterocycles. The van der Waals surface area contributed by atoms with E-state index in [4.69, 9.17) is 5.73 Å². The van der Waals surface area contributed by atoms with E-state index in [9.17, 15) is 0 Å². The highest BCUT2D eigenvalue weighted by atomic mass is 15.2. The molecule has 1 saturated heterocycles. The SMILES string of the molecule is Cc1ccc(CN2CCCC2CN(C)C)cc1N. The molecular weight excluding hydrogens is 222 g/mol. The first-order chi connectivity index (χ1) is 8.56. The van der Waals surface area contributed by atoms with Crippen molar-refractivity contribution in [3.05, 3.63) is 29.3 Å². The van der Waals surface area contributed by atoms with Crippen molar-refractivity contribution < 1.29 is 0 Å². The fourth-order valence-electron chi connectivity index (χ4n) is 2.75. The van der Waals surface area contributed by atoms with Crippen LogP contribution in [0.5, 0.6) is 0 Å². The van der Waals surface area contributed by atoms with Crippen LogP contribution in [-0.4, -0.2) is 43.0 Å². The number of likely N-dealkylation sites (N-methyl/N-ethyl adjacent to an activating group) is 1. The smallest absolute Gasteiger partial charge is 0.0346 e. The van der Waals surface area contributed by atoms with Gasteiger partial charge in [-0.3, -0.25) is 4.90 Å². The number of nitrogen functional groups attached to an aromatic ring is 1. The van der Waals surface area contributed by atoms with Crippen LogP contribution in [0, 0.1) is 6.92 Å². The van der Waals surface area contributed by atoms with Crippen LogP contribution in [0.4, 0.5) is 5.69 Å². The monoisotopic (exact) mass is 247 g/mol. The molecule has 3 heteroatoms. The summed E-state index contributed by atoms with van der Waals surface area (Å²) in [5.41, 5.74) is 9.40. The van der Waals surface area contributed by atoms with Crippen molar-refractivity contribution in [3.8, 4) is 0 Å². The quantitative estimate of drug-likeness (QED) is 0.827. The summed E-state index contributed by atoms with van der Waals surface area (Å²) in [6, 6.07) is 7.15. The van der Waals surface area contributed by atoms with Crippen molar-refractivity contribution in [2.75, 3.05) is 32.9 Å². The van der Waals surface area contributed by atoms with Gasteiger partial charge in [-0.1, -0.05) is 12.1 Å². The van der Waals surface area contributed by atoms with Crippen molar-refractivity contribution >= 4 is 5.69 Å². The number of hydrogen-bond donors (Lipinski definition) is 1. The van der Waals surface area contributed by atoms with Gasteiger partial charge in [0, 0.05) is 24.8 Å². The maximum atomic E-state index is 5.98. The molecule has 2 N–H and O–H groups in total. The molecule has 1 fully saturated rings. The van der Waals surface area contributed by atoms with Crippen molar-refractivity contribution in [2.45, 2.75) is 32.4 Å². The first-order valence-electron chi connectivity index (χ1n) is 6.80. The average Bonchev–Trinajstić information content (AvgIpc) is 2.70. The highest BCUT2D eigenvalue weighted by Crippen LogP contribution is 2.22. The van der Waals surface area contributed by atoms with Gasteiger partial charge in [0.15, 0.2) is 0 Å². The van der Waals surface area contributed by atoms with Crippen molar-refractivity contribution in [2.24, 2.45) is 0 Å².